The molecule has 1 aliphatic rings. The number of aryl methyl sites for hydroxylation is 1. The molecule has 3 heteroatoms. The largest absolute Gasteiger partial charge is 0.337 e. The Balaban J connectivity index is 2.09. The second-order valence-corrected chi connectivity index (χ2v) is 4.99. The van der Waals surface area contributed by atoms with Crippen LogP contribution in [0.4, 0.5) is 0 Å². The maximum atomic E-state index is 12.3. The van der Waals surface area contributed by atoms with Crippen molar-refractivity contribution in [2.24, 2.45) is 5.73 Å². The maximum absolute atomic E-state index is 12.3. The Morgan fingerprint density at radius 2 is 1.94 bits per heavy atom. The molecule has 2 N–H and O–H groups in total. The summed E-state index contributed by atoms with van der Waals surface area (Å²) in [6.45, 7) is 5.56. The Hall–Kier alpha value is -1.61. The van der Waals surface area contributed by atoms with Gasteiger partial charge in [-0.25, -0.2) is 0 Å². The van der Waals surface area contributed by atoms with Crippen LogP contribution in [0.3, 0.4) is 0 Å². The fourth-order valence-electron chi connectivity index (χ4n) is 2.21. The molecule has 18 heavy (non-hydrogen) atoms. The first-order valence-corrected chi connectivity index (χ1v) is 6.34. The van der Waals surface area contributed by atoms with Crippen LogP contribution in [0.25, 0.3) is 0 Å². The molecule has 0 aromatic heterocycles. The average Bonchev–Trinajstić information content (AvgIpc) is 2.38. The summed E-state index contributed by atoms with van der Waals surface area (Å²) in [5, 5.41) is 0. The van der Waals surface area contributed by atoms with Crippen LogP contribution < -0.4 is 5.73 Å². The molecule has 0 radical (unpaired) electrons. The summed E-state index contributed by atoms with van der Waals surface area (Å²) in [5.41, 5.74) is 9.36. The number of hydrogen-bond acceptors (Lipinski definition) is 2. The number of carbonyl (C=O) groups is 1. The fraction of sp³-hybridized carbons (Fsp3) is 0.400. The molecule has 1 aliphatic heterocycles. The number of carbonyl (C=O) groups excluding carboxylic acids is 1. The molecule has 1 unspecified atom stereocenters. The molecule has 1 aromatic rings. The molecule has 1 heterocycles. The van der Waals surface area contributed by atoms with Gasteiger partial charge in [-0.15, -0.1) is 0 Å². The summed E-state index contributed by atoms with van der Waals surface area (Å²) in [5.74, 6) is 0.0197. The van der Waals surface area contributed by atoms with Crippen LogP contribution in [0.1, 0.15) is 30.5 Å². The van der Waals surface area contributed by atoms with Crippen LogP contribution >= 0.6 is 0 Å². The van der Waals surface area contributed by atoms with Crippen LogP contribution in [-0.4, -0.2) is 23.9 Å². The lowest BCUT2D eigenvalue weighted by atomic mass is 10.0. The van der Waals surface area contributed by atoms with Gasteiger partial charge in [-0.05, 0) is 25.8 Å². The van der Waals surface area contributed by atoms with E-state index in [1.54, 1.807) is 0 Å². The number of nitrogens with two attached hydrogens (primary N) is 1. The number of amides is 1. The van der Waals surface area contributed by atoms with Gasteiger partial charge in [-0.2, -0.15) is 0 Å². The summed E-state index contributed by atoms with van der Waals surface area (Å²) >= 11 is 0. The standard InChI is InChI=1S/C15H20N2O/c1-11-5-7-13(8-6-11)14(16)15(18)17-9-3-4-12(2)10-17/h4-8,14H,3,9-10,16H2,1-2H3. The van der Waals surface area contributed by atoms with Crippen molar-refractivity contribution in [3.8, 4) is 0 Å². The lowest BCUT2D eigenvalue weighted by molar-refractivity contribution is -0.132. The van der Waals surface area contributed by atoms with E-state index >= 15 is 0 Å². The molecule has 3 nitrogen and oxygen atoms in total. The van der Waals surface area contributed by atoms with Gasteiger partial charge in [-0.1, -0.05) is 41.5 Å². The van der Waals surface area contributed by atoms with Crippen molar-refractivity contribution >= 4 is 5.91 Å². The zero-order valence-electron chi connectivity index (χ0n) is 11.0. The Morgan fingerprint density at radius 1 is 1.28 bits per heavy atom. The first kappa shape index (κ1) is 12.8. The molecule has 0 fully saturated rings. The van der Waals surface area contributed by atoms with E-state index in [4.69, 9.17) is 5.73 Å². The molecular formula is C15H20N2O. The van der Waals surface area contributed by atoms with Crippen molar-refractivity contribution in [1.82, 2.24) is 4.90 Å². The van der Waals surface area contributed by atoms with E-state index in [0.717, 1.165) is 18.5 Å². The topological polar surface area (TPSA) is 46.3 Å². The smallest absolute Gasteiger partial charge is 0.244 e. The van der Waals surface area contributed by atoms with E-state index in [2.05, 4.69) is 13.0 Å². The van der Waals surface area contributed by atoms with Gasteiger partial charge in [0.2, 0.25) is 5.91 Å². The number of hydrogen-bond donors (Lipinski definition) is 1. The van der Waals surface area contributed by atoms with Gasteiger partial charge in [0.05, 0.1) is 0 Å². The van der Waals surface area contributed by atoms with Gasteiger partial charge in [0.1, 0.15) is 6.04 Å². The average molecular weight is 244 g/mol. The Labute approximate surface area is 108 Å². The van der Waals surface area contributed by atoms with Crippen molar-refractivity contribution in [3.63, 3.8) is 0 Å². The lowest BCUT2D eigenvalue weighted by Gasteiger charge is -2.28. The molecule has 96 valence electrons. The molecule has 0 saturated carbocycles. The molecular weight excluding hydrogens is 224 g/mol. The SMILES string of the molecule is CC1=CCCN(C(=O)C(N)c2ccc(C)cc2)C1. The summed E-state index contributed by atoms with van der Waals surface area (Å²) in [4.78, 5) is 14.1. The molecule has 1 amide bonds. The molecule has 1 atom stereocenters. The minimum absolute atomic E-state index is 0.0197. The van der Waals surface area contributed by atoms with Crippen molar-refractivity contribution in [2.75, 3.05) is 13.1 Å². The normalized spacial score (nSPS) is 17.3. The number of rotatable bonds is 2. The molecule has 1 aromatic carbocycles. The molecule has 0 aliphatic carbocycles. The van der Waals surface area contributed by atoms with E-state index in [1.165, 1.54) is 11.1 Å². The molecule has 0 saturated heterocycles. The van der Waals surface area contributed by atoms with E-state index in [0.29, 0.717) is 6.54 Å². The predicted octanol–water partition coefficient (Wildman–Crippen LogP) is 2.17. The zero-order valence-corrected chi connectivity index (χ0v) is 11.0. The summed E-state index contributed by atoms with van der Waals surface area (Å²) in [7, 11) is 0. The highest BCUT2D eigenvalue weighted by Crippen LogP contribution is 2.17. The Morgan fingerprint density at radius 3 is 2.56 bits per heavy atom. The van der Waals surface area contributed by atoms with E-state index < -0.39 is 6.04 Å². The van der Waals surface area contributed by atoms with Crippen LogP contribution in [0.15, 0.2) is 35.9 Å². The van der Waals surface area contributed by atoms with E-state index in [1.807, 2.05) is 36.1 Å². The lowest BCUT2D eigenvalue weighted by Crippen LogP contribution is -2.41. The highest BCUT2D eigenvalue weighted by Gasteiger charge is 2.23. The van der Waals surface area contributed by atoms with Gasteiger partial charge in [0, 0.05) is 13.1 Å². The summed E-state index contributed by atoms with van der Waals surface area (Å²) < 4.78 is 0. The monoisotopic (exact) mass is 244 g/mol. The van der Waals surface area contributed by atoms with Gasteiger partial charge < -0.3 is 10.6 Å². The minimum atomic E-state index is -0.545. The zero-order chi connectivity index (χ0) is 13.1. The fourth-order valence-corrected chi connectivity index (χ4v) is 2.21. The third-order valence-corrected chi connectivity index (χ3v) is 3.35. The van der Waals surface area contributed by atoms with Crippen LogP contribution in [-0.2, 0) is 4.79 Å². The predicted molar refractivity (Wildman–Crippen MR) is 73.1 cm³/mol. The van der Waals surface area contributed by atoms with Crippen molar-refractivity contribution in [1.29, 1.82) is 0 Å². The first-order chi connectivity index (χ1) is 8.58. The second kappa shape index (κ2) is 5.36. The minimum Gasteiger partial charge on any atom is -0.337 e. The summed E-state index contributed by atoms with van der Waals surface area (Å²) in [6, 6.07) is 7.31. The highest BCUT2D eigenvalue weighted by molar-refractivity contribution is 5.83. The Bertz CT molecular complexity index is 462. The van der Waals surface area contributed by atoms with Gasteiger partial charge >= 0.3 is 0 Å². The quantitative estimate of drug-likeness (QED) is 0.810. The maximum Gasteiger partial charge on any atom is 0.244 e. The van der Waals surface area contributed by atoms with Crippen LogP contribution in [0, 0.1) is 6.92 Å². The van der Waals surface area contributed by atoms with E-state index in [9.17, 15) is 4.79 Å². The van der Waals surface area contributed by atoms with Crippen LogP contribution in [0.5, 0.6) is 0 Å². The summed E-state index contributed by atoms with van der Waals surface area (Å²) in [6.07, 6.45) is 3.11. The Kier molecular flexibility index (Phi) is 3.82. The third kappa shape index (κ3) is 2.79. The first-order valence-electron chi connectivity index (χ1n) is 6.34. The number of nitrogens with zero attached hydrogens (tertiary/aromatic N) is 1. The second-order valence-electron chi connectivity index (χ2n) is 4.99. The molecule has 0 bridgehead atoms. The molecule has 0 spiro atoms. The molecule has 2 rings (SSSR count). The van der Waals surface area contributed by atoms with Crippen LogP contribution in [0.2, 0.25) is 0 Å². The van der Waals surface area contributed by atoms with E-state index in [-0.39, 0.29) is 5.91 Å². The highest BCUT2D eigenvalue weighted by atomic mass is 16.2. The third-order valence-electron chi connectivity index (χ3n) is 3.35. The van der Waals surface area contributed by atoms with Gasteiger partial charge in [0.15, 0.2) is 0 Å². The van der Waals surface area contributed by atoms with Crippen molar-refractivity contribution in [2.45, 2.75) is 26.3 Å². The van der Waals surface area contributed by atoms with Gasteiger partial charge in [-0.3, -0.25) is 4.79 Å². The van der Waals surface area contributed by atoms with Crippen molar-refractivity contribution < 1.29 is 4.79 Å². The number of benzene rings is 1. The van der Waals surface area contributed by atoms with Crippen molar-refractivity contribution in [3.05, 3.63) is 47.0 Å². The van der Waals surface area contributed by atoms with Gasteiger partial charge in [0.25, 0.3) is 0 Å².